The Morgan fingerprint density at radius 1 is 1.07 bits per heavy atom. The maximum atomic E-state index is 13.3. The smallest absolute Gasteiger partial charge is 0.340 e. The first kappa shape index (κ1) is 23.0. The number of carbonyl (C=O) groups is 2. The van der Waals surface area contributed by atoms with E-state index >= 15 is 0 Å². The van der Waals surface area contributed by atoms with E-state index in [4.69, 9.17) is 27.9 Å². The Morgan fingerprint density at radius 2 is 1.69 bits per heavy atom. The lowest BCUT2D eigenvalue weighted by atomic mass is 10.2. The zero-order chi connectivity index (χ0) is 21.9. The molecule has 7 nitrogen and oxygen atoms in total. The van der Waals surface area contributed by atoms with Gasteiger partial charge in [-0.15, -0.1) is 0 Å². The van der Waals surface area contributed by atoms with E-state index in [-0.39, 0.29) is 20.6 Å². The van der Waals surface area contributed by atoms with Crippen LogP contribution in [-0.4, -0.2) is 45.3 Å². The van der Waals surface area contributed by atoms with Crippen molar-refractivity contribution in [3.05, 3.63) is 57.6 Å². The van der Waals surface area contributed by atoms with Gasteiger partial charge in [0.2, 0.25) is 10.0 Å². The van der Waals surface area contributed by atoms with E-state index in [1.54, 1.807) is 0 Å². The molecule has 0 aliphatic carbocycles. The molecule has 2 aromatic carbocycles. The summed E-state index contributed by atoms with van der Waals surface area (Å²) in [5.41, 5.74) is -0.489. The molecule has 0 bridgehead atoms. The fourth-order valence-corrected chi connectivity index (χ4v) is 3.37. The molecule has 0 fully saturated rings. The number of nitrogens with zero attached hydrogens (tertiary/aromatic N) is 1. The van der Waals surface area contributed by atoms with Gasteiger partial charge >= 0.3 is 5.97 Å². The number of carbonyl (C=O) groups excluding carboxylic acids is 2. The van der Waals surface area contributed by atoms with Gasteiger partial charge in [-0.3, -0.25) is 4.79 Å². The van der Waals surface area contributed by atoms with E-state index in [1.807, 2.05) is 0 Å². The van der Waals surface area contributed by atoms with Gasteiger partial charge in [-0.1, -0.05) is 23.2 Å². The summed E-state index contributed by atoms with van der Waals surface area (Å²) >= 11 is 11.6. The Morgan fingerprint density at radius 3 is 2.31 bits per heavy atom. The largest absolute Gasteiger partial charge is 0.452 e. The summed E-state index contributed by atoms with van der Waals surface area (Å²) in [5.74, 6) is -4.56. The van der Waals surface area contributed by atoms with E-state index in [9.17, 15) is 26.8 Å². The summed E-state index contributed by atoms with van der Waals surface area (Å²) < 4.78 is 56.3. The number of halogens is 4. The number of rotatable bonds is 6. The van der Waals surface area contributed by atoms with Crippen molar-refractivity contribution in [1.82, 2.24) is 4.31 Å². The molecule has 0 heterocycles. The van der Waals surface area contributed by atoms with Gasteiger partial charge in [-0.25, -0.2) is 26.3 Å². The highest BCUT2D eigenvalue weighted by Crippen LogP contribution is 2.26. The molecule has 0 radical (unpaired) electrons. The SMILES string of the molecule is CN(C)S(=O)(=O)c1ccc(Cl)c(NC(=O)COC(=O)c2cc(F)c(F)cc2Cl)c1. The predicted molar refractivity (Wildman–Crippen MR) is 103 cm³/mol. The van der Waals surface area contributed by atoms with Crippen molar-refractivity contribution in [3.8, 4) is 0 Å². The molecule has 29 heavy (non-hydrogen) atoms. The molecular formula is C17H14Cl2F2N2O5S. The summed E-state index contributed by atoms with van der Waals surface area (Å²) in [4.78, 5) is 23.8. The second kappa shape index (κ2) is 9.04. The molecular weight excluding hydrogens is 453 g/mol. The van der Waals surface area contributed by atoms with Crippen LogP contribution in [0, 0.1) is 11.6 Å². The van der Waals surface area contributed by atoms with E-state index in [1.165, 1.54) is 26.2 Å². The van der Waals surface area contributed by atoms with Crippen LogP contribution in [0.1, 0.15) is 10.4 Å². The highest BCUT2D eigenvalue weighted by molar-refractivity contribution is 7.89. The van der Waals surface area contributed by atoms with Gasteiger partial charge in [0, 0.05) is 14.1 Å². The fourth-order valence-electron chi connectivity index (χ4n) is 2.05. The van der Waals surface area contributed by atoms with Crippen molar-refractivity contribution in [1.29, 1.82) is 0 Å². The van der Waals surface area contributed by atoms with Gasteiger partial charge in [0.1, 0.15) is 0 Å². The van der Waals surface area contributed by atoms with Crippen LogP contribution < -0.4 is 5.32 Å². The molecule has 0 atom stereocenters. The third kappa shape index (κ3) is 5.41. The van der Waals surface area contributed by atoms with E-state index in [2.05, 4.69) is 5.32 Å². The fraction of sp³-hybridized carbons (Fsp3) is 0.176. The Balaban J connectivity index is 2.10. The van der Waals surface area contributed by atoms with Crippen molar-refractivity contribution in [2.75, 3.05) is 26.0 Å². The number of esters is 1. The molecule has 0 saturated heterocycles. The second-order valence-corrected chi connectivity index (χ2v) is 8.77. The molecule has 1 amide bonds. The molecule has 2 rings (SSSR count). The Bertz CT molecular complexity index is 1080. The molecule has 156 valence electrons. The van der Waals surface area contributed by atoms with Gasteiger partial charge < -0.3 is 10.1 Å². The number of anilines is 1. The molecule has 0 spiro atoms. The lowest BCUT2D eigenvalue weighted by Gasteiger charge is -2.14. The first-order chi connectivity index (χ1) is 13.4. The minimum absolute atomic E-state index is 0.0264. The van der Waals surface area contributed by atoms with Gasteiger partial charge in [0.25, 0.3) is 5.91 Å². The molecule has 1 N–H and O–H groups in total. The number of hydrogen-bond acceptors (Lipinski definition) is 5. The minimum Gasteiger partial charge on any atom is -0.452 e. The van der Waals surface area contributed by atoms with Crippen molar-refractivity contribution in [2.45, 2.75) is 4.90 Å². The Hall–Kier alpha value is -2.27. The molecule has 0 unspecified atom stereocenters. The molecule has 0 aliphatic heterocycles. The van der Waals surface area contributed by atoms with Crippen molar-refractivity contribution in [2.24, 2.45) is 0 Å². The molecule has 0 saturated carbocycles. The second-order valence-electron chi connectivity index (χ2n) is 5.80. The predicted octanol–water partition coefficient (Wildman–Crippen LogP) is 3.32. The highest BCUT2D eigenvalue weighted by atomic mass is 35.5. The van der Waals surface area contributed by atoms with Gasteiger partial charge in [-0.05, 0) is 30.3 Å². The van der Waals surface area contributed by atoms with E-state index in [0.717, 1.165) is 10.4 Å². The van der Waals surface area contributed by atoms with Crippen LogP contribution in [0.4, 0.5) is 14.5 Å². The summed E-state index contributed by atoms with van der Waals surface area (Å²) in [6, 6.07) is 4.83. The summed E-state index contributed by atoms with van der Waals surface area (Å²) in [5, 5.41) is 1.96. The highest BCUT2D eigenvalue weighted by Gasteiger charge is 2.20. The minimum atomic E-state index is -3.77. The van der Waals surface area contributed by atoms with E-state index in [0.29, 0.717) is 12.1 Å². The van der Waals surface area contributed by atoms with Crippen LogP contribution in [0.2, 0.25) is 10.0 Å². The summed E-state index contributed by atoms with van der Waals surface area (Å²) in [6.45, 7) is -0.810. The number of sulfonamides is 1. The first-order valence-electron chi connectivity index (χ1n) is 7.77. The quantitative estimate of drug-likeness (QED) is 0.520. The maximum absolute atomic E-state index is 13.3. The van der Waals surface area contributed by atoms with Crippen molar-refractivity contribution in [3.63, 3.8) is 0 Å². The van der Waals surface area contributed by atoms with Crippen LogP contribution in [0.15, 0.2) is 35.2 Å². The zero-order valence-electron chi connectivity index (χ0n) is 15.0. The monoisotopic (exact) mass is 466 g/mol. The number of ether oxygens (including phenoxy) is 1. The van der Waals surface area contributed by atoms with Gasteiger partial charge in [0.05, 0.1) is 26.2 Å². The van der Waals surface area contributed by atoms with Crippen molar-refractivity contribution < 1.29 is 31.5 Å². The zero-order valence-corrected chi connectivity index (χ0v) is 17.3. The van der Waals surface area contributed by atoms with Gasteiger partial charge in [-0.2, -0.15) is 0 Å². The standard InChI is InChI=1S/C17H14Cl2F2N2O5S/c1-23(2)29(26,27)9-3-4-11(18)15(5-9)22-16(24)8-28-17(25)10-6-13(20)14(21)7-12(10)19/h3-7H,8H2,1-2H3,(H,22,24). The lowest BCUT2D eigenvalue weighted by molar-refractivity contribution is -0.119. The lowest BCUT2D eigenvalue weighted by Crippen LogP contribution is -2.23. The van der Waals surface area contributed by atoms with Crippen LogP contribution >= 0.6 is 23.2 Å². The summed E-state index contributed by atoms with van der Waals surface area (Å²) in [6.07, 6.45) is 0. The van der Waals surface area contributed by atoms with Crippen LogP contribution in [0.25, 0.3) is 0 Å². The number of amides is 1. The molecule has 2 aromatic rings. The van der Waals surface area contributed by atoms with Gasteiger partial charge in [0.15, 0.2) is 18.2 Å². The van der Waals surface area contributed by atoms with Crippen LogP contribution in [-0.2, 0) is 19.6 Å². The average molecular weight is 467 g/mol. The van der Waals surface area contributed by atoms with Crippen LogP contribution in [0.3, 0.4) is 0 Å². The number of hydrogen-bond donors (Lipinski definition) is 1. The summed E-state index contributed by atoms with van der Waals surface area (Å²) in [7, 11) is -1.09. The Kier molecular flexibility index (Phi) is 7.17. The first-order valence-corrected chi connectivity index (χ1v) is 9.96. The molecule has 0 aliphatic rings. The van der Waals surface area contributed by atoms with E-state index < -0.39 is 45.7 Å². The maximum Gasteiger partial charge on any atom is 0.340 e. The molecule has 0 aromatic heterocycles. The number of benzene rings is 2. The Labute approximate surface area is 175 Å². The van der Waals surface area contributed by atoms with Crippen LogP contribution in [0.5, 0.6) is 0 Å². The van der Waals surface area contributed by atoms with Crippen molar-refractivity contribution >= 4 is 50.8 Å². The topological polar surface area (TPSA) is 92.8 Å². The molecule has 12 heteroatoms. The average Bonchev–Trinajstić information content (AvgIpc) is 2.64. The normalized spacial score (nSPS) is 11.4. The number of nitrogens with one attached hydrogen (secondary N) is 1. The third-order valence-corrected chi connectivity index (χ3v) is 6.01. The third-order valence-electron chi connectivity index (χ3n) is 3.55.